The standard InChI is InChI=1S/C8H14BrN3/c1-8(2,10-3)4-7-6(9)5-11-12-7/h5,10H,4H2,1-3H3,(H,11,12). The van der Waals surface area contributed by atoms with Gasteiger partial charge in [-0.2, -0.15) is 5.10 Å². The maximum Gasteiger partial charge on any atom is 0.0632 e. The third kappa shape index (κ3) is 2.32. The largest absolute Gasteiger partial charge is 0.314 e. The van der Waals surface area contributed by atoms with Crippen molar-refractivity contribution >= 4 is 15.9 Å². The first-order valence-electron chi connectivity index (χ1n) is 3.92. The van der Waals surface area contributed by atoms with E-state index in [1.807, 2.05) is 7.05 Å². The van der Waals surface area contributed by atoms with Gasteiger partial charge in [0.25, 0.3) is 0 Å². The van der Waals surface area contributed by atoms with Crippen molar-refractivity contribution in [2.24, 2.45) is 0 Å². The van der Waals surface area contributed by atoms with Crippen molar-refractivity contribution in [1.29, 1.82) is 0 Å². The van der Waals surface area contributed by atoms with Crippen molar-refractivity contribution in [3.8, 4) is 0 Å². The Morgan fingerprint density at radius 2 is 2.33 bits per heavy atom. The number of nitrogens with zero attached hydrogens (tertiary/aromatic N) is 1. The van der Waals surface area contributed by atoms with E-state index in [9.17, 15) is 0 Å². The van der Waals surface area contributed by atoms with Crippen LogP contribution >= 0.6 is 15.9 Å². The van der Waals surface area contributed by atoms with E-state index in [0.717, 1.165) is 16.6 Å². The fraction of sp³-hybridized carbons (Fsp3) is 0.625. The third-order valence-electron chi connectivity index (χ3n) is 1.96. The molecular weight excluding hydrogens is 218 g/mol. The summed E-state index contributed by atoms with van der Waals surface area (Å²) in [6.07, 6.45) is 2.71. The lowest BCUT2D eigenvalue weighted by Crippen LogP contribution is -2.38. The first kappa shape index (κ1) is 9.74. The van der Waals surface area contributed by atoms with Crippen LogP contribution in [0.2, 0.25) is 0 Å². The van der Waals surface area contributed by atoms with Gasteiger partial charge in [-0.05, 0) is 36.8 Å². The van der Waals surface area contributed by atoms with Gasteiger partial charge >= 0.3 is 0 Å². The summed E-state index contributed by atoms with van der Waals surface area (Å²) in [7, 11) is 1.96. The molecule has 0 spiro atoms. The zero-order valence-electron chi connectivity index (χ0n) is 7.61. The summed E-state index contributed by atoms with van der Waals surface area (Å²) in [6.45, 7) is 4.31. The van der Waals surface area contributed by atoms with E-state index in [0.29, 0.717) is 0 Å². The topological polar surface area (TPSA) is 40.7 Å². The molecule has 0 aliphatic carbocycles. The Bertz CT molecular complexity index is 255. The summed E-state index contributed by atoms with van der Waals surface area (Å²) < 4.78 is 1.05. The van der Waals surface area contributed by atoms with Crippen molar-refractivity contribution in [3.05, 3.63) is 16.4 Å². The molecule has 0 saturated heterocycles. The minimum Gasteiger partial charge on any atom is -0.314 e. The molecule has 0 saturated carbocycles. The maximum absolute atomic E-state index is 3.94. The molecule has 0 aliphatic heterocycles. The average molecular weight is 232 g/mol. The first-order chi connectivity index (χ1) is 5.55. The van der Waals surface area contributed by atoms with Gasteiger partial charge < -0.3 is 5.32 Å². The molecule has 1 aromatic heterocycles. The lowest BCUT2D eigenvalue weighted by molar-refractivity contribution is 0.417. The van der Waals surface area contributed by atoms with Gasteiger partial charge in [-0.1, -0.05) is 0 Å². The number of likely N-dealkylation sites (N-methyl/N-ethyl adjacent to an activating group) is 1. The number of aromatic nitrogens is 2. The van der Waals surface area contributed by atoms with E-state index in [1.165, 1.54) is 0 Å². The summed E-state index contributed by atoms with van der Waals surface area (Å²) in [5, 5.41) is 10.1. The molecule has 0 radical (unpaired) electrons. The molecule has 4 heteroatoms. The monoisotopic (exact) mass is 231 g/mol. The predicted octanol–water partition coefficient (Wildman–Crippen LogP) is 1.71. The van der Waals surface area contributed by atoms with E-state index < -0.39 is 0 Å². The van der Waals surface area contributed by atoms with Crippen molar-refractivity contribution in [2.75, 3.05) is 7.05 Å². The van der Waals surface area contributed by atoms with Gasteiger partial charge in [-0.3, -0.25) is 5.10 Å². The molecule has 0 bridgehead atoms. The highest BCUT2D eigenvalue weighted by atomic mass is 79.9. The Kier molecular flexibility index (Phi) is 2.90. The van der Waals surface area contributed by atoms with E-state index in [-0.39, 0.29) is 5.54 Å². The molecule has 1 rings (SSSR count). The second-order valence-corrected chi connectivity index (χ2v) is 4.36. The third-order valence-corrected chi connectivity index (χ3v) is 2.64. The normalized spacial score (nSPS) is 12.0. The van der Waals surface area contributed by atoms with Crippen molar-refractivity contribution < 1.29 is 0 Å². The minimum atomic E-state index is 0.106. The van der Waals surface area contributed by atoms with Crippen LogP contribution in [0.1, 0.15) is 19.5 Å². The summed E-state index contributed by atoms with van der Waals surface area (Å²) in [5.74, 6) is 0. The summed E-state index contributed by atoms with van der Waals surface area (Å²) in [4.78, 5) is 0. The Labute approximate surface area is 81.1 Å². The van der Waals surface area contributed by atoms with E-state index >= 15 is 0 Å². The number of hydrogen-bond donors (Lipinski definition) is 2. The van der Waals surface area contributed by atoms with E-state index in [2.05, 4.69) is 45.3 Å². The lowest BCUT2D eigenvalue weighted by atomic mass is 9.99. The molecule has 0 aromatic carbocycles. The van der Waals surface area contributed by atoms with Crippen LogP contribution in [0.4, 0.5) is 0 Å². The smallest absolute Gasteiger partial charge is 0.0632 e. The quantitative estimate of drug-likeness (QED) is 0.832. The molecule has 0 aliphatic rings. The molecule has 1 aromatic rings. The molecular formula is C8H14BrN3. The Hall–Kier alpha value is -0.350. The number of nitrogens with one attached hydrogen (secondary N) is 2. The highest BCUT2D eigenvalue weighted by Crippen LogP contribution is 2.18. The van der Waals surface area contributed by atoms with Crippen molar-refractivity contribution in [2.45, 2.75) is 25.8 Å². The molecule has 12 heavy (non-hydrogen) atoms. The Morgan fingerprint density at radius 3 is 2.75 bits per heavy atom. The highest BCUT2D eigenvalue weighted by Gasteiger charge is 2.17. The van der Waals surface area contributed by atoms with Crippen molar-refractivity contribution in [1.82, 2.24) is 15.5 Å². The maximum atomic E-state index is 3.94. The van der Waals surface area contributed by atoms with E-state index in [4.69, 9.17) is 0 Å². The molecule has 0 unspecified atom stereocenters. The first-order valence-corrected chi connectivity index (χ1v) is 4.71. The zero-order chi connectivity index (χ0) is 9.19. The van der Waals surface area contributed by atoms with Crippen LogP contribution in [-0.4, -0.2) is 22.8 Å². The van der Waals surface area contributed by atoms with Crippen LogP contribution < -0.4 is 5.32 Å². The average Bonchev–Trinajstić information content (AvgIpc) is 2.36. The Balaban J connectivity index is 2.70. The minimum absolute atomic E-state index is 0.106. The fourth-order valence-electron chi connectivity index (χ4n) is 0.952. The van der Waals surface area contributed by atoms with Gasteiger partial charge in [0.15, 0.2) is 0 Å². The van der Waals surface area contributed by atoms with Crippen LogP contribution in [0.5, 0.6) is 0 Å². The predicted molar refractivity (Wildman–Crippen MR) is 53.1 cm³/mol. The Morgan fingerprint density at radius 1 is 1.67 bits per heavy atom. The molecule has 0 amide bonds. The number of rotatable bonds is 3. The molecule has 1 heterocycles. The van der Waals surface area contributed by atoms with Crippen LogP contribution in [-0.2, 0) is 6.42 Å². The second kappa shape index (κ2) is 3.58. The van der Waals surface area contributed by atoms with Gasteiger partial charge in [0.05, 0.1) is 16.4 Å². The number of aromatic amines is 1. The molecule has 68 valence electrons. The molecule has 0 fully saturated rings. The summed E-state index contributed by atoms with van der Waals surface area (Å²) >= 11 is 3.43. The highest BCUT2D eigenvalue weighted by molar-refractivity contribution is 9.10. The van der Waals surface area contributed by atoms with Gasteiger partial charge in [-0.15, -0.1) is 0 Å². The fourth-order valence-corrected chi connectivity index (χ4v) is 1.28. The van der Waals surface area contributed by atoms with Gasteiger partial charge in [-0.25, -0.2) is 0 Å². The van der Waals surface area contributed by atoms with Gasteiger partial charge in [0.2, 0.25) is 0 Å². The number of hydrogen-bond acceptors (Lipinski definition) is 2. The van der Waals surface area contributed by atoms with E-state index in [1.54, 1.807) is 6.20 Å². The van der Waals surface area contributed by atoms with Crippen LogP contribution in [0.25, 0.3) is 0 Å². The van der Waals surface area contributed by atoms with Gasteiger partial charge in [0.1, 0.15) is 0 Å². The zero-order valence-corrected chi connectivity index (χ0v) is 9.20. The van der Waals surface area contributed by atoms with Crippen LogP contribution in [0.3, 0.4) is 0 Å². The number of halogens is 1. The summed E-state index contributed by atoms with van der Waals surface area (Å²) in [5.41, 5.74) is 1.24. The van der Waals surface area contributed by atoms with Gasteiger partial charge in [0, 0.05) is 12.0 Å². The number of H-pyrrole nitrogens is 1. The van der Waals surface area contributed by atoms with Crippen LogP contribution in [0, 0.1) is 0 Å². The van der Waals surface area contributed by atoms with Crippen LogP contribution in [0.15, 0.2) is 10.7 Å². The molecule has 0 atom stereocenters. The molecule has 2 N–H and O–H groups in total. The lowest BCUT2D eigenvalue weighted by Gasteiger charge is -2.23. The SMILES string of the molecule is CNC(C)(C)Cc1[nH]ncc1Br. The summed E-state index contributed by atoms with van der Waals surface area (Å²) in [6, 6.07) is 0. The second-order valence-electron chi connectivity index (χ2n) is 3.51. The molecule has 3 nitrogen and oxygen atoms in total. The van der Waals surface area contributed by atoms with Crippen molar-refractivity contribution in [3.63, 3.8) is 0 Å².